The highest BCUT2D eigenvalue weighted by atomic mass is 19.1. The van der Waals surface area contributed by atoms with Gasteiger partial charge in [-0.25, -0.2) is 4.39 Å². The van der Waals surface area contributed by atoms with Crippen LogP contribution >= 0.6 is 0 Å². The molecule has 0 aliphatic heterocycles. The summed E-state index contributed by atoms with van der Waals surface area (Å²) in [6.45, 7) is 0.528. The van der Waals surface area contributed by atoms with E-state index in [4.69, 9.17) is 15.2 Å². The van der Waals surface area contributed by atoms with Gasteiger partial charge in [-0.3, -0.25) is 0 Å². The molecule has 0 radical (unpaired) electrons. The zero-order chi connectivity index (χ0) is 13.7. The summed E-state index contributed by atoms with van der Waals surface area (Å²) >= 11 is 0. The van der Waals surface area contributed by atoms with Gasteiger partial charge in [0.15, 0.2) is 0 Å². The molecule has 0 aromatic heterocycles. The highest BCUT2D eigenvalue weighted by molar-refractivity contribution is 5.46. The van der Waals surface area contributed by atoms with E-state index in [0.29, 0.717) is 17.9 Å². The van der Waals surface area contributed by atoms with Gasteiger partial charge in [0.2, 0.25) is 0 Å². The fourth-order valence-electron chi connectivity index (χ4n) is 1.76. The van der Waals surface area contributed by atoms with Crippen LogP contribution in [0.5, 0.6) is 5.75 Å². The number of nitrogen functional groups attached to an aromatic ring is 1. The molecule has 2 N–H and O–H groups in total. The third-order valence-corrected chi connectivity index (χ3v) is 2.80. The number of nitrogens with two attached hydrogens (primary N) is 1. The Balaban J connectivity index is 1.96. The standard InChI is InChI=1S/C15H16FNO2/c1-18-12-5-2-4-11(8-12)9-19-10-13-14(16)6-3-7-15(13)17/h2-8H,9-10,17H2,1H3. The summed E-state index contributed by atoms with van der Waals surface area (Å²) in [5.74, 6) is 0.428. The molecule has 0 aliphatic carbocycles. The zero-order valence-electron chi connectivity index (χ0n) is 10.7. The molecule has 4 heteroatoms. The van der Waals surface area contributed by atoms with Crippen LogP contribution in [0.15, 0.2) is 42.5 Å². The zero-order valence-corrected chi connectivity index (χ0v) is 10.7. The number of benzene rings is 2. The van der Waals surface area contributed by atoms with Crippen LogP contribution < -0.4 is 10.5 Å². The van der Waals surface area contributed by atoms with Crippen LogP contribution in [0.1, 0.15) is 11.1 Å². The second-order valence-electron chi connectivity index (χ2n) is 4.15. The van der Waals surface area contributed by atoms with Crippen LogP contribution in [0.25, 0.3) is 0 Å². The largest absolute Gasteiger partial charge is 0.497 e. The highest BCUT2D eigenvalue weighted by Crippen LogP contribution is 2.18. The second kappa shape index (κ2) is 6.20. The van der Waals surface area contributed by atoms with Gasteiger partial charge in [-0.05, 0) is 29.8 Å². The molecule has 0 aliphatic rings. The highest BCUT2D eigenvalue weighted by Gasteiger charge is 2.06. The van der Waals surface area contributed by atoms with Gasteiger partial charge in [-0.1, -0.05) is 18.2 Å². The average molecular weight is 261 g/mol. The molecule has 0 atom stereocenters. The number of methoxy groups -OCH3 is 1. The Morgan fingerprint density at radius 3 is 2.63 bits per heavy atom. The van der Waals surface area contributed by atoms with E-state index in [1.807, 2.05) is 24.3 Å². The van der Waals surface area contributed by atoms with Gasteiger partial charge in [0.1, 0.15) is 11.6 Å². The minimum Gasteiger partial charge on any atom is -0.497 e. The van der Waals surface area contributed by atoms with Gasteiger partial charge in [-0.2, -0.15) is 0 Å². The number of hydrogen-bond donors (Lipinski definition) is 1. The first-order valence-electron chi connectivity index (χ1n) is 5.94. The molecule has 100 valence electrons. The quantitative estimate of drug-likeness (QED) is 0.841. The Labute approximate surface area is 111 Å². The molecule has 2 aromatic rings. The summed E-state index contributed by atoms with van der Waals surface area (Å²) in [6, 6.07) is 12.2. The molecule has 0 amide bonds. The predicted molar refractivity (Wildman–Crippen MR) is 72.3 cm³/mol. The topological polar surface area (TPSA) is 44.5 Å². The van der Waals surface area contributed by atoms with Gasteiger partial charge in [0.25, 0.3) is 0 Å². The van der Waals surface area contributed by atoms with Gasteiger partial charge >= 0.3 is 0 Å². The Kier molecular flexibility index (Phi) is 4.36. The fourth-order valence-corrected chi connectivity index (χ4v) is 1.76. The molecule has 0 saturated carbocycles. The van der Waals surface area contributed by atoms with Gasteiger partial charge in [0, 0.05) is 11.3 Å². The molecule has 3 nitrogen and oxygen atoms in total. The van der Waals surface area contributed by atoms with Crippen LogP contribution in [0.4, 0.5) is 10.1 Å². The van der Waals surface area contributed by atoms with Gasteiger partial charge in [0.05, 0.1) is 20.3 Å². The van der Waals surface area contributed by atoms with Crippen LogP contribution in [0.2, 0.25) is 0 Å². The van der Waals surface area contributed by atoms with E-state index in [2.05, 4.69) is 0 Å². The minimum atomic E-state index is -0.342. The molecule has 0 bridgehead atoms. The summed E-state index contributed by atoms with van der Waals surface area (Å²) in [5, 5.41) is 0. The molecule has 19 heavy (non-hydrogen) atoms. The summed E-state index contributed by atoms with van der Waals surface area (Å²) in [4.78, 5) is 0. The van der Waals surface area contributed by atoms with Crippen molar-refractivity contribution >= 4 is 5.69 Å². The van der Waals surface area contributed by atoms with Gasteiger partial charge in [-0.15, -0.1) is 0 Å². The molecular weight excluding hydrogens is 245 g/mol. The summed E-state index contributed by atoms with van der Waals surface area (Å²) in [7, 11) is 1.61. The Morgan fingerprint density at radius 1 is 1.11 bits per heavy atom. The molecule has 0 heterocycles. The van der Waals surface area contributed by atoms with Crippen molar-refractivity contribution in [2.75, 3.05) is 12.8 Å². The number of rotatable bonds is 5. The lowest BCUT2D eigenvalue weighted by Crippen LogP contribution is -2.01. The van der Waals surface area contributed by atoms with E-state index in [0.717, 1.165) is 11.3 Å². The van der Waals surface area contributed by atoms with Crippen molar-refractivity contribution in [3.63, 3.8) is 0 Å². The summed E-state index contributed by atoms with van der Waals surface area (Å²) in [5.41, 5.74) is 7.48. The molecule has 0 saturated heterocycles. The van der Waals surface area contributed by atoms with Gasteiger partial charge < -0.3 is 15.2 Å². The third kappa shape index (κ3) is 3.45. The fraction of sp³-hybridized carbons (Fsp3) is 0.200. The van der Waals surface area contributed by atoms with E-state index in [1.54, 1.807) is 19.2 Å². The number of ether oxygens (including phenoxy) is 2. The van der Waals surface area contributed by atoms with Crippen molar-refractivity contribution in [3.05, 3.63) is 59.4 Å². The lowest BCUT2D eigenvalue weighted by atomic mass is 10.2. The van der Waals surface area contributed by atoms with Crippen LogP contribution in [0, 0.1) is 5.82 Å². The maximum atomic E-state index is 13.5. The van der Waals surface area contributed by atoms with Crippen LogP contribution in [0.3, 0.4) is 0 Å². The van der Waals surface area contributed by atoms with Crippen molar-refractivity contribution in [1.82, 2.24) is 0 Å². The predicted octanol–water partition coefficient (Wildman–Crippen LogP) is 3.13. The van der Waals surface area contributed by atoms with Crippen molar-refractivity contribution in [1.29, 1.82) is 0 Å². The summed E-state index contributed by atoms with van der Waals surface area (Å²) < 4.78 is 24.1. The normalized spacial score (nSPS) is 10.4. The monoisotopic (exact) mass is 261 g/mol. The number of anilines is 1. The first-order chi connectivity index (χ1) is 9.20. The number of hydrogen-bond acceptors (Lipinski definition) is 3. The van der Waals surface area contributed by atoms with E-state index in [9.17, 15) is 4.39 Å². The SMILES string of the molecule is COc1cccc(COCc2c(N)cccc2F)c1. The van der Waals surface area contributed by atoms with E-state index in [-0.39, 0.29) is 12.4 Å². The minimum absolute atomic E-state index is 0.149. The average Bonchev–Trinajstić information content (AvgIpc) is 2.42. The first-order valence-corrected chi connectivity index (χ1v) is 5.94. The Hall–Kier alpha value is -2.07. The molecule has 0 unspecified atom stereocenters. The Morgan fingerprint density at radius 2 is 1.89 bits per heavy atom. The van der Waals surface area contributed by atoms with E-state index >= 15 is 0 Å². The maximum Gasteiger partial charge on any atom is 0.130 e. The molecule has 2 rings (SSSR count). The molecule has 0 spiro atoms. The van der Waals surface area contributed by atoms with Crippen molar-refractivity contribution in [2.24, 2.45) is 0 Å². The van der Waals surface area contributed by atoms with E-state index < -0.39 is 0 Å². The molecule has 2 aromatic carbocycles. The Bertz CT molecular complexity index is 537. The molecular formula is C15H16FNO2. The molecule has 0 fully saturated rings. The second-order valence-corrected chi connectivity index (χ2v) is 4.15. The van der Waals surface area contributed by atoms with Crippen LogP contribution in [-0.4, -0.2) is 7.11 Å². The van der Waals surface area contributed by atoms with Crippen molar-refractivity contribution in [3.8, 4) is 5.75 Å². The van der Waals surface area contributed by atoms with Crippen molar-refractivity contribution in [2.45, 2.75) is 13.2 Å². The lowest BCUT2D eigenvalue weighted by molar-refractivity contribution is 0.105. The maximum absolute atomic E-state index is 13.5. The van der Waals surface area contributed by atoms with Crippen molar-refractivity contribution < 1.29 is 13.9 Å². The van der Waals surface area contributed by atoms with E-state index in [1.165, 1.54) is 6.07 Å². The number of halogens is 1. The first kappa shape index (κ1) is 13.4. The van der Waals surface area contributed by atoms with Crippen LogP contribution in [-0.2, 0) is 18.0 Å². The third-order valence-electron chi connectivity index (χ3n) is 2.80. The smallest absolute Gasteiger partial charge is 0.130 e. The summed E-state index contributed by atoms with van der Waals surface area (Å²) in [6.07, 6.45) is 0. The lowest BCUT2D eigenvalue weighted by Gasteiger charge is -2.09.